The maximum Gasteiger partial charge on any atom is 0.174 e. The van der Waals surface area contributed by atoms with Crippen LogP contribution in [0, 0.1) is 0 Å². The Morgan fingerprint density at radius 3 is 2.67 bits per heavy atom. The largest absolute Gasteiger partial charge is 0.293 e. The van der Waals surface area contributed by atoms with Crippen LogP contribution in [-0.4, -0.2) is 17.0 Å². The molecule has 0 aliphatic heterocycles. The maximum absolute atomic E-state index is 11.8. The molecule has 18 heavy (non-hydrogen) atoms. The predicted molar refractivity (Wildman–Crippen MR) is 76.6 cm³/mol. The van der Waals surface area contributed by atoms with Crippen molar-refractivity contribution in [2.45, 2.75) is 24.2 Å². The van der Waals surface area contributed by atoms with E-state index in [1.807, 2.05) is 0 Å². The predicted octanol–water partition coefficient (Wildman–Crippen LogP) is 4.05. The quantitative estimate of drug-likeness (QED) is 0.774. The normalized spacial score (nSPS) is 14.6. The Hall–Kier alpha value is -1.13. The Kier molecular flexibility index (Phi) is 3.22. The zero-order chi connectivity index (χ0) is 12.5. The van der Waals surface area contributed by atoms with Crippen molar-refractivity contribution < 1.29 is 4.79 Å². The third-order valence-electron chi connectivity index (χ3n) is 3.10. The van der Waals surface area contributed by atoms with Crippen molar-refractivity contribution in [3.8, 4) is 10.6 Å². The van der Waals surface area contributed by atoms with Gasteiger partial charge < -0.3 is 0 Å². The van der Waals surface area contributed by atoms with Crippen molar-refractivity contribution in [3.63, 3.8) is 0 Å². The zero-order valence-electron chi connectivity index (χ0n) is 10.1. The molecule has 3 rings (SSSR count). The van der Waals surface area contributed by atoms with E-state index in [0.717, 1.165) is 34.0 Å². The van der Waals surface area contributed by atoms with Crippen LogP contribution in [0.15, 0.2) is 29.2 Å². The van der Waals surface area contributed by atoms with Crippen LogP contribution in [-0.2, 0) is 6.42 Å². The fraction of sp³-hybridized carbons (Fsp3) is 0.286. The van der Waals surface area contributed by atoms with Crippen molar-refractivity contribution in [1.29, 1.82) is 0 Å². The number of nitrogens with zero attached hydrogens (tertiary/aromatic N) is 1. The van der Waals surface area contributed by atoms with Crippen LogP contribution in [0.5, 0.6) is 0 Å². The molecule has 0 N–H and O–H groups in total. The van der Waals surface area contributed by atoms with Crippen molar-refractivity contribution in [1.82, 2.24) is 4.98 Å². The topological polar surface area (TPSA) is 30.0 Å². The van der Waals surface area contributed by atoms with Crippen molar-refractivity contribution >= 4 is 28.9 Å². The number of hydrogen-bond donors (Lipinski definition) is 0. The first-order chi connectivity index (χ1) is 8.78. The average molecular weight is 275 g/mol. The number of fused-ring (bicyclic) bond motifs is 1. The molecule has 0 spiro atoms. The van der Waals surface area contributed by atoms with Gasteiger partial charge in [0.2, 0.25) is 0 Å². The summed E-state index contributed by atoms with van der Waals surface area (Å²) in [5.41, 5.74) is 2.11. The van der Waals surface area contributed by atoms with E-state index in [4.69, 9.17) is 0 Å². The second-order valence-corrected chi connectivity index (χ2v) is 6.18. The lowest BCUT2D eigenvalue weighted by molar-refractivity contribution is 0.0976. The lowest BCUT2D eigenvalue weighted by Crippen LogP contribution is -2.07. The summed E-state index contributed by atoms with van der Waals surface area (Å²) < 4.78 is 0. The van der Waals surface area contributed by atoms with Crippen molar-refractivity contribution in [2.75, 3.05) is 6.26 Å². The highest BCUT2D eigenvalue weighted by Gasteiger charge is 2.22. The number of rotatable bonds is 2. The number of carbonyl (C=O) groups is 1. The smallest absolute Gasteiger partial charge is 0.174 e. The van der Waals surface area contributed by atoms with Gasteiger partial charge in [-0.3, -0.25) is 4.79 Å². The van der Waals surface area contributed by atoms with Crippen LogP contribution >= 0.6 is 23.1 Å². The van der Waals surface area contributed by atoms with Crippen LogP contribution in [0.25, 0.3) is 10.6 Å². The molecular formula is C14H13NOS2. The molecule has 0 atom stereocenters. The van der Waals surface area contributed by atoms with E-state index in [1.54, 1.807) is 23.1 Å². The van der Waals surface area contributed by atoms with E-state index in [1.165, 1.54) is 4.90 Å². The number of Topliss-reactive ketones (excluding diaryl/α,β-unsaturated/α-hetero) is 1. The summed E-state index contributed by atoms with van der Waals surface area (Å²) in [6, 6.07) is 8.37. The van der Waals surface area contributed by atoms with E-state index in [2.05, 4.69) is 35.5 Å². The molecule has 0 radical (unpaired) electrons. The Balaban J connectivity index is 1.99. The summed E-state index contributed by atoms with van der Waals surface area (Å²) >= 11 is 3.27. The highest BCUT2D eigenvalue weighted by molar-refractivity contribution is 7.98. The number of hydrogen-bond acceptors (Lipinski definition) is 4. The van der Waals surface area contributed by atoms with E-state index in [9.17, 15) is 4.79 Å². The molecule has 1 aliphatic rings. The summed E-state index contributed by atoms with van der Waals surface area (Å²) in [7, 11) is 0. The third-order valence-corrected chi connectivity index (χ3v) is 5.04. The molecule has 1 aromatic carbocycles. The fourth-order valence-electron chi connectivity index (χ4n) is 2.13. The van der Waals surface area contributed by atoms with Crippen molar-refractivity contribution in [2.24, 2.45) is 0 Å². The molecule has 4 heteroatoms. The Morgan fingerprint density at radius 1 is 1.22 bits per heavy atom. The van der Waals surface area contributed by atoms with Gasteiger partial charge in [-0.15, -0.1) is 23.1 Å². The molecule has 2 aromatic rings. The average Bonchev–Trinajstić information content (AvgIpc) is 2.84. The Labute approximate surface area is 114 Å². The van der Waals surface area contributed by atoms with Gasteiger partial charge in [-0.25, -0.2) is 4.98 Å². The van der Waals surface area contributed by atoms with Gasteiger partial charge in [0.15, 0.2) is 5.78 Å². The van der Waals surface area contributed by atoms with Gasteiger partial charge in [0.05, 0.1) is 10.6 Å². The second kappa shape index (κ2) is 4.86. The molecule has 0 fully saturated rings. The standard InChI is InChI=1S/C14H13NOS2/c1-17-10-7-5-9(6-8-10)14-15-11-3-2-4-12(16)13(11)18-14/h5-8H,2-4H2,1H3. The van der Waals surface area contributed by atoms with Crippen LogP contribution in [0.2, 0.25) is 0 Å². The van der Waals surface area contributed by atoms with E-state index in [-0.39, 0.29) is 5.78 Å². The van der Waals surface area contributed by atoms with Gasteiger partial charge in [0, 0.05) is 16.9 Å². The molecule has 2 nitrogen and oxygen atoms in total. The Bertz CT molecular complexity index is 586. The highest BCUT2D eigenvalue weighted by atomic mass is 32.2. The van der Waals surface area contributed by atoms with Gasteiger partial charge in [-0.1, -0.05) is 12.1 Å². The molecule has 0 unspecified atom stereocenters. The second-order valence-electron chi connectivity index (χ2n) is 4.30. The van der Waals surface area contributed by atoms with Gasteiger partial charge >= 0.3 is 0 Å². The zero-order valence-corrected chi connectivity index (χ0v) is 11.7. The number of carbonyl (C=O) groups excluding carboxylic acids is 1. The minimum Gasteiger partial charge on any atom is -0.293 e. The first-order valence-corrected chi connectivity index (χ1v) is 7.99. The number of thioether (sulfide) groups is 1. The number of benzene rings is 1. The lowest BCUT2D eigenvalue weighted by atomic mass is 10.0. The maximum atomic E-state index is 11.8. The summed E-state index contributed by atoms with van der Waals surface area (Å²) in [4.78, 5) is 18.5. The van der Waals surface area contributed by atoms with E-state index >= 15 is 0 Å². The first kappa shape index (κ1) is 11.9. The molecule has 0 saturated carbocycles. The van der Waals surface area contributed by atoms with Crippen LogP contribution in [0.4, 0.5) is 0 Å². The van der Waals surface area contributed by atoms with Crippen molar-refractivity contribution in [3.05, 3.63) is 34.8 Å². The Morgan fingerprint density at radius 2 is 2.00 bits per heavy atom. The van der Waals surface area contributed by atoms with Crippen LogP contribution in [0.1, 0.15) is 28.2 Å². The monoisotopic (exact) mass is 275 g/mol. The molecule has 92 valence electrons. The number of aryl methyl sites for hydroxylation is 1. The first-order valence-electron chi connectivity index (χ1n) is 5.95. The SMILES string of the molecule is CSc1ccc(-c2nc3c(s2)C(=O)CCC3)cc1. The van der Waals surface area contributed by atoms with Crippen LogP contribution in [0.3, 0.4) is 0 Å². The molecule has 1 heterocycles. The third kappa shape index (κ3) is 2.10. The molecule has 0 amide bonds. The number of ketones is 1. The minimum atomic E-state index is 0.265. The van der Waals surface area contributed by atoms with Crippen LogP contribution < -0.4 is 0 Å². The van der Waals surface area contributed by atoms with E-state index < -0.39 is 0 Å². The molecule has 1 aromatic heterocycles. The highest BCUT2D eigenvalue weighted by Crippen LogP contribution is 2.33. The summed E-state index contributed by atoms with van der Waals surface area (Å²) in [6.07, 6.45) is 4.64. The van der Waals surface area contributed by atoms with Gasteiger partial charge in [-0.2, -0.15) is 0 Å². The fourth-order valence-corrected chi connectivity index (χ4v) is 3.62. The summed E-state index contributed by atoms with van der Waals surface area (Å²) in [6.45, 7) is 0. The minimum absolute atomic E-state index is 0.265. The molecule has 0 bridgehead atoms. The van der Waals surface area contributed by atoms with E-state index in [0.29, 0.717) is 6.42 Å². The van der Waals surface area contributed by atoms with Gasteiger partial charge in [0.25, 0.3) is 0 Å². The number of aromatic nitrogens is 1. The van der Waals surface area contributed by atoms with Gasteiger partial charge in [-0.05, 0) is 31.2 Å². The molecular weight excluding hydrogens is 262 g/mol. The molecule has 1 aliphatic carbocycles. The molecule has 0 saturated heterocycles. The summed E-state index contributed by atoms with van der Waals surface area (Å²) in [5.74, 6) is 0.265. The lowest BCUT2D eigenvalue weighted by Gasteiger charge is -2.06. The summed E-state index contributed by atoms with van der Waals surface area (Å²) in [5, 5.41) is 0.975. The van der Waals surface area contributed by atoms with Gasteiger partial charge in [0.1, 0.15) is 5.01 Å². The number of thiazole rings is 1.